The average Bonchev–Trinajstić information content (AvgIpc) is 2.67. The predicted molar refractivity (Wildman–Crippen MR) is 109 cm³/mol. The van der Waals surface area contributed by atoms with Crippen molar-refractivity contribution in [1.82, 2.24) is 4.90 Å². The first-order valence-electron chi connectivity index (χ1n) is 9.31. The first-order valence-corrected chi connectivity index (χ1v) is 11.2. The molecule has 0 spiro atoms. The maximum absolute atomic E-state index is 10.3. The Morgan fingerprint density at radius 2 is 1.70 bits per heavy atom. The second-order valence-electron chi connectivity index (χ2n) is 6.86. The fraction of sp³-hybridized carbons (Fsp3) is 0.429. The van der Waals surface area contributed by atoms with Crippen molar-refractivity contribution < 1.29 is 18.1 Å². The fourth-order valence-corrected chi connectivity index (χ4v) is 3.46. The number of aliphatic hydroxyl groups is 1. The molecule has 1 aliphatic heterocycles. The number of piperidine rings is 1. The minimum atomic E-state index is -3.67. The smallest absolute Gasteiger partial charge is 0.261 e. The molecule has 3 rings (SSSR count). The molecule has 0 radical (unpaired) electrons. The summed E-state index contributed by atoms with van der Waals surface area (Å²) in [6.45, 7) is 3.05. The molecule has 2 atom stereocenters. The first-order chi connectivity index (χ1) is 12.8. The summed E-state index contributed by atoms with van der Waals surface area (Å²) >= 11 is 0. The van der Waals surface area contributed by atoms with E-state index in [1.54, 1.807) is 0 Å². The Morgan fingerprint density at radius 3 is 2.33 bits per heavy atom. The van der Waals surface area contributed by atoms with Gasteiger partial charge in [-0.1, -0.05) is 61.9 Å². The monoisotopic (exact) mass is 391 g/mol. The van der Waals surface area contributed by atoms with Crippen LogP contribution in [0.3, 0.4) is 0 Å². The van der Waals surface area contributed by atoms with E-state index in [0.717, 1.165) is 19.4 Å². The van der Waals surface area contributed by atoms with Crippen molar-refractivity contribution in [3.05, 3.63) is 60.2 Å². The molecular weight excluding hydrogens is 362 g/mol. The molecule has 27 heavy (non-hydrogen) atoms. The van der Waals surface area contributed by atoms with Crippen LogP contribution in [0.2, 0.25) is 0 Å². The van der Waals surface area contributed by atoms with Gasteiger partial charge in [0, 0.05) is 12.6 Å². The van der Waals surface area contributed by atoms with Crippen LogP contribution in [0.25, 0.3) is 11.1 Å². The topological polar surface area (TPSA) is 77.8 Å². The van der Waals surface area contributed by atoms with E-state index in [1.807, 2.05) is 6.07 Å². The van der Waals surface area contributed by atoms with Crippen molar-refractivity contribution in [3.8, 4) is 11.1 Å². The lowest BCUT2D eigenvalue weighted by Gasteiger charge is -2.39. The molecular formula is C21H29NO4S. The molecule has 0 aromatic heterocycles. The van der Waals surface area contributed by atoms with Gasteiger partial charge in [-0.3, -0.25) is 9.45 Å². The second-order valence-corrected chi connectivity index (χ2v) is 8.33. The Kier molecular flexibility index (Phi) is 7.98. The summed E-state index contributed by atoms with van der Waals surface area (Å²) < 4.78 is 25.9. The first kappa shape index (κ1) is 21.6. The predicted octanol–water partition coefficient (Wildman–Crippen LogP) is 4.11. The molecule has 2 unspecified atom stereocenters. The summed E-state index contributed by atoms with van der Waals surface area (Å²) in [5.41, 5.74) is 3.84. The standard InChI is InChI=1S/C20H25NO.CH4O3S/c1-2-20(22)21-14-7-6-13-19(21)18-12-8-11-17(15-18)16-9-4-3-5-10-16;1-5(2,3)4/h3-5,8-12,15,19-20,22H,2,6-7,13-14H2,1H3;1H3,(H,2,3,4). The Morgan fingerprint density at radius 1 is 1.07 bits per heavy atom. The molecule has 1 heterocycles. The normalized spacial score (nSPS) is 19.0. The lowest BCUT2D eigenvalue weighted by molar-refractivity contribution is -0.0435. The summed E-state index contributed by atoms with van der Waals surface area (Å²) in [5, 5.41) is 10.3. The van der Waals surface area contributed by atoms with Gasteiger partial charge < -0.3 is 5.11 Å². The third-order valence-electron chi connectivity index (χ3n) is 4.67. The van der Waals surface area contributed by atoms with Crippen LogP contribution in [-0.2, 0) is 10.1 Å². The molecule has 0 amide bonds. The van der Waals surface area contributed by atoms with Gasteiger partial charge in [0.15, 0.2) is 0 Å². The maximum atomic E-state index is 10.3. The number of benzene rings is 2. The molecule has 148 valence electrons. The van der Waals surface area contributed by atoms with Crippen LogP contribution in [0.15, 0.2) is 54.6 Å². The zero-order valence-corrected chi connectivity index (χ0v) is 16.8. The fourth-order valence-electron chi connectivity index (χ4n) is 3.46. The van der Waals surface area contributed by atoms with Crippen molar-refractivity contribution in [3.63, 3.8) is 0 Å². The zero-order valence-electron chi connectivity index (χ0n) is 16.0. The van der Waals surface area contributed by atoms with Gasteiger partial charge in [0.25, 0.3) is 10.1 Å². The molecule has 0 saturated carbocycles. The molecule has 0 aliphatic carbocycles. The summed E-state index contributed by atoms with van der Waals surface area (Å²) in [6, 6.07) is 19.7. The van der Waals surface area contributed by atoms with Crippen LogP contribution in [0, 0.1) is 0 Å². The summed E-state index contributed by atoms with van der Waals surface area (Å²) in [6.07, 6.45) is 4.74. The van der Waals surface area contributed by atoms with E-state index in [9.17, 15) is 13.5 Å². The van der Waals surface area contributed by atoms with Crippen molar-refractivity contribution in [2.45, 2.75) is 44.9 Å². The van der Waals surface area contributed by atoms with Crippen LogP contribution in [0.4, 0.5) is 0 Å². The second kappa shape index (κ2) is 9.99. The number of nitrogens with zero attached hydrogens (tertiary/aromatic N) is 1. The SMILES string of the molecule is CCC(O)N1CCCCC1c1cccc(-c2ccccc2)c1.CS(=O)(=O)O. The van der Waals surface area contributed by atoms with Crippen molar-refractivity contribution in [2.75, 3.05) is 12.8 Å². The van der Waals surface area contributed by atoms with Crippen LogP contribution >= 0.6 is 0 Å². The van der Waals surface area contributed by atoms with E-state index in [2.05, 4.69) is 60.4 Å². The number of hydrogen-bond acceptors (Lipinski definition) is 4. The molecule has 6 heteroatoms. The molecule has 1 fully saturated rings. The van der Waals surface area contributed by atoms with Crippen LogP contribution in [0.1, 0.15) is 44.2 Å². The Hall–Kier alpha value is -1.73. The Labute approximate surface area is 162 Å². The molecule has 5 nitrogen and oxygen atoms in total. The zero-order chi connectivity index (χ0) is 19.9. The maximum Gasteiger partial charge on any atom is 0.261 e. The highest BCUT2D eigenvalue weighted by molar-refractivity contribution is 7.85. The summed E-state index contributed by atoms with van der Waals surface area (Å²) in [4.78, 5) is 2.27. The van der Waals surface area contributed by atoms with Crippen LogP contribution in [0.5, 0.6) is 0 Å². The van der Waals surface area contributed by atoms with Crippen molar-refractivity contribution in [2.24, 2.45) is 0 Å². The number of aliphatic hydroxyl groups excluding tert-OH is 1. The Bertz CT molecular complexity index is 800. The Balaban J connectivity index is 0.000000465. The van der Waals surface area contributed by atoms with E-state index < -0.39 is 10.1 Å². The van der Waals surface area contributed by atoms with E-state index in [-0.39, 0.29) is 6.23 Å². The van der Waals surface area contributed by atoms with Crippen molar-refractivity contribution in [1.29, 1.82) is 0 Å². The number of hydrogen-bond donors (Lipinski definition) is 2. The number of rotatable bonds is 4. The van der Waals surface area contributed by atoms with Crippen LogP contribution < -0.4 is 0 Å². The molecule has 2 aromatic carbocycles. The number of likely N-dealkylation sites (tertiary alicyclic amines) is 1. The minimum Gasteiger partial charge on any atom is -0.378 e. The molecule has 1 saturated heterocycles. The molecule has 1 aliphatic rings. The van der Waals surface area contributed by atoms with Crippen LogP contribution in [-0.4, -0.2) is 42.0 Å². The van der Waals surface area contributed by atoms with Gasteiger partial charge in [0.05, 0.1) is 6.26 Å². The highest BCUT2D eigenvalue weighted by Crippen LogP contribution is 2.34. The van der Waals surface area contributed by atoms with E-state index >= 15 is 0 Å². The van der Waals surface area contributed by atoms with E-state index in [4.69, 9.17) is 4.55 Å². The lowest BCUT2D eigenvalue weighted by atomic mass is 9.92. The summed E-state index contributed by atoms with van der Waals surface area (Å²) in [5.74, 6) is 0. The van der Waals surface area contributed by atoms with Gasteiger partial charge in [0.2, 0.25) is 0 Å². The third-order valence-corrected chi connectivity index (χ3v) is 4.67. The van der Waals surface area contributed by atoms with E-state index in [0.29, 0.717) is 12.3 Å². The molecule has 0 bridgehead atoms. The summed E-state index contributed by atoms with van der Waals surface area (Å²) in [7, 11) is -3.67. The third kappa shape index (κ3) is 7.07. The minimum absolute atomic E-state index is 0.328. The van der Waals surface area contributed by atoms with Gasteiger partial charge in [-0.25, -0.2) is 0 Å². The van der Waals surface area contributed by atoms with Gasteiger partial charge in [-0.05, 0) is 42.0 Å². The van der Waals surface area contributed by atoms with Gasteiger partial charge >= 0.3 is 0 Å². The van der Waals surface area contributed by atoms with Crippen molar-refractivity contribution >= 4 is 10.1 Å². The van der Waals surface area contributed by atoms with E-state index in [1.165, 1.54) is 29.5 Å². The van der Waals surface area contributed by atoms with Gasteiger partial charge in [-0.2, -0.15) is 8.42 Å². The lowest BCUT2D eigenvalue weighted by Crippen LogP contribution is -2.41. The van der Waals surface area contributed by atoms with Gasteiger partial charge in [-0.15, -0.1) is 0 Å². The quantitative estimate of drug-likeness (QED) is 0.767. The van der Waals surface area contributed by atoms with Gasteiger partial charge in [0.1, 0.15) is 6.23 Å². The molecule has 2 aromatic rings. The highest BCUT2D eigenvalue weighted by Gasteiger charge is 2.28. The molecule has 2 N–H and O–H groups in total. The average molecular weight is 392 g/mol. The largest absolute Gasteiger partial charge is 0.378 e. The highest BCUT2D eigenvalue weighted by atomic mass is 32.2.